The minimum atomic E-state index is 0.359. The maximum atomic E-state index is 5.20. The van der Waals surface area contributed by atoms with Crippen LogP contribution in [0.5, 0.6) is 0 Å². The van der Waals surface area contributed by atoms with Crippen molar-refractivity contribution in [2.45, 2.75) is 45.1 Å². The SMILES string of the molecule is CCC=CC1CCCCC(OC)=N1. The van der Waals surface area contributed by atoms with Gasteiger partial charge in [0.1, 0.15) is 0 Å². The van der Waals surface area contributed by atoms with Gasteiger partial charge in [0.25, 0.3) is 0 Å². The van der Waals surface area contributed by atoms with E-state index in [0.717, 1.165) is 18.7 Å². The summed E-state index contributed by atoms with van der Waals surface area (Å²) in [6.45, 7) is 2.15. The molecule has 0 N–H and O–H groups in total. The highest BCUT2D eigenvalue weighted by Crippen LogP contribution is 2.15. The van der Waals surface area contributed by atoms with Gasteiger partial charge in [0.05, 0.1) is 13.2 Å². The lowest BCUT2D eigenvalue weighted by atomic mass is 10.1. The first-order valence-electron chi connectivity index (χ1n) is 5.14. The van der Waals surface area contributed by atoms with Crippen LogP contribution >= 0.6 is 0 Å². The Morgan fingerprint density at radius 3 is 3.08 bits per heavy atom. The van der Waals surface area contributed by atoms with Gasteiger partial charge >= 0.3 is 0 Å². The number of hydrogen-bond donors (Lipinski definition) is 0. The van der Waals surface area contributed by atoms with E-state index >= 15 is 0 Å². The van der Waals surface area contributed by atoms with Gasteiger partial charge in [-0.2, -0.15) is 0 Å². The molecule has 0 bridgehead atoms. The predicted octanol–water partition coefficient (Wildman–Crippen LogP) is 2.94. The van der Waals surface area contributed by atoms with Gasteiger partial charge in [-0.15, -0.1) is 0 Å². The molecule has 13 heavy (non-hydrogen) atoms. The average molecular weight is 181 g/mol. The molecule has 0 fully saturated rings. The molecule has 0 amide bonds. The fraction of sp³-hybridized carbons (Fsp3) is 0.727. The molecule has 0 aromatic rings. The van der Waals surface area contributed by atoms with Crippen LogP contribution in [0.2, 0.25) is 0 Å². The summed E-state index contributed by atoms with van der Waals surface area (Å²) >= 11 is 0. The minimum Gasteiger partial charge on any atom is -0.484 e. The van der Waals surface area contributed by atoms with E-state index in [0.29, 0.717) is 6.04 Å². The lowest BCUT2D eigenvalue weighted by Gasteiger charge is -2.05. The van der Waals surface area contributed by atoms with Crippen LogP contribution in [-0.4, -0.2) is 19.0 Å². The van der Waals surface area contributed by atoms with Crippen molar-refractivity contribution in [1.29, 1.82) is 0 Å². The zero-order chi connectivity index (χ0) is 9.52. The first kappa shape index (κ1) is 10.3. The summed E-state index contributed by atoms with van der Waals surface area (Å²) in [5.74, 6) is 0.920. The summed E-state index contributed by atoms with van der Waals surface area (Å²) < 4.78 is 5.20. The Bertz CT molecular complexity index is 196. The van der Waals surface area contributed by atoms with Crippen molar-refractivity contribution in [3.8, 4) is 0 Å². The van der Waals surface area contributed by atoms with Crippen LogP contribution in [0.1, 0.15) is 39.0 Å². The number of ether oxygens (including phenoxy) is 1. The predicted molar refractivity (Wildman–Crippen MR) is 56.1 cm³/mol. The molecule has 1 aliphatic rings. The number of rotatable bonds is 2. The van der Waals surface area contributed by atoms with Crippen LogP contribution in [0.15, 0.2) is 17.1 Å². The second-order valence-corrected chi connectivity index (χ2v) is 3.38. The van der Waals surface area contributed by atoms with Crippen molar-refractivity contribution >= 4 is 5.90 Å². The third-order valence-electron chi connectivity index (χ3n) is 2.28. The Balaban J connectivity index is 2.55. The van der Waals surface area contributed by atoms with Gasteiger partial charge in [-0.05, 0) is 19.3 Å². The van der Waals surface area contributed by atoms with E-state index < -0.39 is 0 Å². The summed E-state index contributed by atoms with van der Waals surface area (Å²) in [7, 11) is 1.71. The fourth-order valence-electron chi connectivity index (χ4n) is 1.53. The molecule has 2 heteroatoms. The standard InChI is InChI=1S/C11H19NO/c1-3-4-7-10-8-5-6-9-11(12-10)13-2/h4,7,10H,3,5-6,8-9H2,1-2H3. The van der Waals surface area contributed by atoms with E-state index in [1.165, 1.54) is 19.3 Å². The van der Waals surface area contributed by atoms with E-state index in [2.05, 4.69) is 24.1 Å². The van der Waals surface area contributed by atoms with Crippen LogP contribution in [0.25, 0.3) is 0 Å². The maximum absolute atomic E-state index is 5.20. The second-order valence-electron chi connectivity index (χ2n) is 3.38. The van der Waals surface area contributed by atoms with Gasteiger partial charge in [0.15, 0.2) is 5.90 Å². The quantitative estimate of drug-likeness (QED) is 0.600. The second kappa shape index (κ2) is 5.79. The van der Waals surface area contributed by atoms with E-state index in [4.69, 9.17) is 4.74 Å². The van der Waals surface area contributed by atoms with Crippen molar-refractivity contribution in [3.05, 3.63) is 12.2 Å². The van der Waals surface area contributed by atoms with Crippen LogP contribution < -0.4 is 0 Å². The van der Waals surface area contributed by atoms with Gasteiger partial charge in [-0.25, -0.2) is 4.99 Å². The highest BCUT2D eigenvalue weighted by atomic mass is 16.5. The summed E-state index contributed by atoms with van der Waals surface area (Å²) in [5, 5.41) is 0. The summed E-state index contributed by atoms with van der Waals surface area (Å²) in [5.41, 5.74) is 0. The Kier molecular flexibility index (Phi) is 4.58. The Morgan fingerprint density at radius 1 is 1.54 bits per heavy atom. The van der Waals surface area contributed by atoms with Crippen LogP contribution in [0, 0.1) is 0 Å². The normalized spacial score (nSPS) is 24.2. The Labute approximate surface area is 80.7 Å². The summed E-state index contributed by atoms with van der Waals surface area (Å²) in [6, 6.07) is 0.359. The number of aliphatic imine (C=N–C) groups is 1. The number of methoxy groups -OCH3 is 1. The van der Waals surface area contributed by atoms with Crippen LogP contribution in [0.3, 0.4) is 0 Å². The molecule has 0 spiro atoms. The van der Waals surface area contributed by atoms with Crippen molar-refractivity contribution in [3.63, 3.8) is 0 Å². The van der Waals surface area contributed by atoms with Gasteiger partial charge in [-0.1, -0.05) is 25.5 Å². The smallest absolute Gasteiger partial charge is 0.183 e. The number of allylic oxidation sites excluding steroid dienone is 1. The van der Waals surface area contributed by atoms with E-state index in [1.54, 1.807) is 7.11 Å². The van der Waals surface area contributed by atoms with Crippen LogP contribution in [0.4, 0.5) is 0 Å². The highest BCUT2D eigenvalue weighted by Gasteiger charge is 2.10. The Hall–Kier alpha value is -0.790. The summed E-state index contributed by atoms with van der Waals surface area (Å²) in [6.07, 6.45) is 10.1. The third kappa shape index (κ3) is 3.62. The molecular formula is C11H19NO. The average Bonchev–Trinajstić information content (AvgIpc) is 2.39. The minimum absolute atomic E-state index is 0.359. The summed E-state index contributed by atoms with van der Waals surface area (Å²) in [4.78, 5) is 4.54. The van der Waals surface area contributed by atoms with Crippen LogP contribution in [-0.2, 0) is 4.74 Å². The maximum Gasteiger partial charge on any atom is 0.183 e. The molecule has 74 valence electrons. The van der Waals surface area contributed by atoms with Crippen molar-refractivity contribution in [2.24, 2.45) is 4.99 Å². The molecule has 1 atom stereocenters. The molecule has 0 saturated carbocycles. The lowest BCUT2D eigenvalue weighted by molar-refractivity contribution is 0.387. The van der Waals surface area contributed by atoms with Gasteiger partial charge in [0, 0.05) is 6.42 Å². The first-order chi connectivity index (χ1) is 6.36. The molecule has 1 aliphatic heterocycles. The van der Waals surface area contributed by atoms with E-state index in [-0.39, 0.29) is 0 Å². The number of nitrogens with zero attached hydrogens (tertiary/aromatic N) is 1. The topological polar surface area (TPSA) is 21.6 Å². The molecule has 2 nitrogen and oxygen atoms in total. The van der Waals surface area contributed by atoms with Crippen molar-refractivity contribution < 1.29 is 4.74 Å². The molecule has 0 aliphatic carbocycles. The molecular weight excluding hydrogens is 162 g/mol. The fourth-order valence-corrected chi connectivity index (χ4v) is 1.53. The van der Waals surface area contributed by atoms with Crippen molar-refractivity contribution in [1.82, 2.24) is 0 Å². The third-order valence-corrected chi connectivity index (χ3v) is 2.28. The van der Waals surface area contributed by atoms with Crippen molar-refractivity contribution in [2.75, 3.05) is 7.11 Å². The molecule has 1 heterocycles. The highest BCUT2D eigenvalue weighted by molar-refractivity contribution is 5.76. The first-order valence-corrected chi connectivity index (χ1v) is 5.14. The number of hydrogen-bond acceptors (Lipinski definition) is 2. The van der Waals surface area contributed by atoms with Gasteiger partial charge in [0.2, 0.25) is 0 Å². The zero-order valence-corrected chi connectivity index (χ0v) is 8.62. The molecule has 0 radical (unpaired) electrons. The molecule has 0 saturated heterocycles. The van der Waals surface area contributed by atoms with Gasteiger partial charge < -0.3 is 4.74 Å². The molecule has 0 aromatic carbocycles. The monoisotopic (exact) mass is 181 g/mol. The van der Waals surface area contributed by atoms with E-state index in [9.17, 15) is 0 Å². The van der Waals surface area contributed by atoms with E-state index in [1.807, 2.05) is 0 Å². The largest absolute Gasteiger partial charge is 0.484 e. The van der Waals surface area contributed by atoms with Gasteiger partial charge in [-0.3, -0.25) is 0 Å². The molecule has 1 unspecified atom stereocenters. The molecule has 0 aromatic heterocycles. The zero-order valence-electron chi connectivity index (χ0n) is 8.62. The lowest BCUT2D eigenvalue weighted by Crippen LogP contribution is -2.04. The Morgan fingerprint density at radius 2 is 2.38 bits per heavy atom. The molecule has 1 rings (SSSR count).